The van der Waals surface area contributed by atoms with E-state index in [1.165, 1.54) is 38.8 Å². The summed E-state index contributed by atoms with van der Waals surface area (Å²) < 4.78 is 0. The number of hydrogen-bond acceptors (Lipinski definition) is 2. The molecule has 1 saturated heterocycles. The molecule has 2 rings (SSSR count). The van der Waals surface area contributed by atoms with Crippen molar-refractivity contribution in [3.8, 4) is 0 Å². The van der Waals surface area contributed by atoms with E-state index in [2.05, 4.69) is 39.5 Å². The van der Waals surface area contributed by atoms with Crippen molar-refractivity contribution in [2.45, 2.75) is 65.8 Å². The van der Waals surface area contributed by atoms with Gasteiger partial charge in [0, 0.05) is 18.6 Å². The minimum atomic E-state index is 0.311. The van der Waals surface area contributed by atoms with E-state index < -0.39 is 0 Å². The monoisotopic (exact) mass is 266 g/mol. The molecule has 2 nitrogen and oxygen atoms in total. The van der Waals surface area contributed by atoms with Crippen molar-refractivity contribution < 1.29 is 0 Å². The quantitative estimate of drug-likeness (QED) is 0.829. The Morgan fingerprint density at radius 1 is 1.16 bits per heavy atom. The lowest BCUT2D eigenvalue weighted by Crippen LogP contribution is -2.56. The SMILES string of the molecule is CC1CCC(CN)(N2CCC(C(C)(C)C)C2)CC1C. The molecule has 4 atom stereocenters. The highest BCUT2D eigenvalue weighted by atomic mass is 15.2. The molecule has 112 valence electrons. The molecule has 2 heteroatoms. The fraction of sp³-hybridized carbons (Fsp3) is 1.00. The maximum absolute atomic E-state index is 6.24. The molecule has 2 N–H and O–H groups in total. The summed E-state index contributed by atoms with van der Waals surface area (Å²) in [5.74, 6) is 2.54. The molecule has 1 aliphatic heterocycles. The number of hydrogen-bond donors (Lipinski definition) is 1. The Hall–Kier alpha value is -0.0800. The molecule has 0 spiro atoms. The van der Waals surface area contributed by atoms with Crippen LogP contribution in [0.5, 0.6) is 0 Å². The summed E-state index contributed by atoms with van der Waals surface area (Å²) in [7, 11) is 0. The summed E-state index contributed by atoms with van der Waals surface area (Å²) in [6, 6.07) is 0. The van der Waals surface area contributed by atoms with Gasteiger partial charge in [0.25, 0.3) is 0 Å². The summed E-state index contributed by atoms with van der Waals surface area (Å²) >= 11 is 0. The average Bonchev–Trinajstić information content (AvgIpc) is 2.82. The zero-order chi connectivity index (χ0) is 14.3. The second-order valence-corrected chi connectivity index (χ2v) is 8.42. The fourth-order valence-electron chi connectivity index (χ4n) is 4.18. The van der Waals surface area contributed by atoms with Crippen LogP contribution in [0.3, 0.4) is 0 Å². The second kappa shape index (κ2) is 5.37. The van der Waals surface area contributed by atoms with E-state index in [4.69, 9.17) is 5.73 Å². The average molecular weight is 266 g/mol. The van der Waals surface area contributed by atoms with Crippen LogP contribution in [0.4, 0.5) is 0 Å². The van der Waals surface area contributed by atoms with E-state index >= 15 is 0 Å². The van der Waals surface area contributed by atoms with Crippen molar-refractivity contribution in [3.63, 3.8) is 0 Å². The maximum atomic E-state index is 6.24. The Morgan fingerprint density at radius 2 is 1.84 bits per heavy atom. The lowest BCUT2D eigenvalue weighted by molar-refractivity contribution is 0.0317. The van der Waals surface area contributed by atoms with Gasteiger partial charge in [-0.15, -0.1) is 0 Å². The van der Waals surface area contributed by atoms with Gasteiger partial charge in [-0.1, -0.05) is 34.6 Å². The predicted molar refractivity (Wildman–Crippen MR) is 83.1 cm³/mol. The normalized spacial score (nSPS) is 41.7. The largest absolute Gasteiger partial charge is 0.329 e. The summed E-state index contributed by atoms with van der Waals surface area (Å²) in [5.41, 5.74) is 6.99. The Kier molecular flexibility index (Phi) is 4.32. The van der Waals surface area contributed by atoms with E-state index in [0.29, 0.717) is 11.0 Å². The summed E-state index contributed by atoms with van der Waals surface area (Å²) in [6.45, 7) is 15.4. The van der Waals surface area contributed by atoms with Gasteiger partial charge in [-0.05, 0) is 55.4 Å². The third kappa shape index (κ3) is 3.00. The Labute approximate surface area is 120 Å². The second-order valence-electron chi connectivity index (χ2n) is 8.42. The molecule has 2 aliphatic rings. The summed E-state index contributed by atoms with van der Waals surface area (Å²) in [5, 5.41) is 0. The van der Waals surface area contributed by atoms with Crippen LogP contribution in [-0.2, 0) is 0 Å². The van der Waals surface area contributed by atoms with Crippen LogP contribution in [0.25, 0.3) is 0 Å². The number of likely N-dealkylation sites (tertiary alicyclic amines) is 1. The van der Waals surface area contributed by atoms with E-state index in [0.717, 1.165) is 24.3 Å². The first-order valence-electron chi connectivity index (χ1n) is 8.23. The molecule has 0 aromatic rings. The topological polar surface area (TPSA) is 29.3 Å². The van der Waals surface area contributed by atoms with Crippen LogP contribution in [0, 0.1) is 23.2 Å². The molecule has 0 amide bonds. The lowest BCUT2D eigenvalue weighted by Gasteiger charge is -2.48. The lowest BCUT2D eigenvalue weighted by atomic mass is 9.70. The highest BCUT2D eigenvalue weighted by Crippen LogP contribution is 2.43. The van der Waals surface area contributed by atoms with Gasteiger partial charge in [0.1, 0.15) is 0 Å². The number of rotatable bonds is 2. The van der Waals surface area contributed by atoms with Gasteiger partial charge in [0.15, 0.2) is 0 Å². The Bertz CT molecular complexity index is 307. The van der Waals surface area contributed by atoms with E-state index in [9.17, 15) is 0 Å². The molecular weight excluding hydrogens is 232 g/mol. The van der Waals surface area contributed by atoms with Gasteiger partial charge in [0.2, 0.25) is 0 Å². The third-order valence-electron chi connectivity index (χ3n) is 6.20. The minimum Gasteiger partial charge on any atom is -0.329 e. The zero-order valence-electron chi connectivity index (χ0n) is 13.7. The molecule has 0 aromatic carbocycles. The molecule has 2 fully saturated rings. The van der Waals surface area contributed by atoms with Gasteiger partial charge in [0.05, 0.1) is 0 Å². The maximum Gasteiger partial charge on any atom is 0.0334 e. The highest BCUT2D eigenvalue weighted by Gasteiger charge is 2.45. The van der Waals surface area contributed by atoms with Gasteiger partial charge < -0.3 is 5.73 Å². The zero-order valence-corrected chi connectivity index (χ0v) is 13.7. The van der Waals surface area contributed by atoms with Crippen molar-refractivity contribution >= 4 is 0 Å². The summed E-state index contributed by atoms with van der Waals surface area (Å²) in [4.78, 5) is 2.76. The van der Waals surface area contributed by atoms with E-state index in [-0.39, 0.29) is 0 Å². The molecule has 1 heterocycles. The molecule has 1 aliphatic carbocycles. The highest BCUT2D eigenvalue weighted by molar-refractivity contribution is 5.01. The van der Waals surface area contributed by atoms with Crippen molar-refractivity contribution in [2.75, 3.05) is 19.6 Å². The number of nitrogens with two attached hydrogens (primary N) is 1. The van der Waals surface area contributed by atoms with Crippen molar-refractivity contribution in [3.05, 3.63) is 0 Å². The predicted octanol–water partition coefficient (Wildman–Crippen LogP) is 3.51. The van der Waals surface area contributed by atoms with Crippen molar-refractivity contribution in [2.24, 2.45) is 28.9 Å². The minimum absolute atomic E-state index is 0.311. The van der Waals surface area contributed by atoms with Crippen LogP contribution in [0.15, 0.2) is 0 Å². The van der Waals surface area contributed by atoms with Crippen LogP contribution in [0.2, 0.25) is 0 Å². The fourth-order valence-corrected chi connectivity index (χ4v) is 4.18. The van der Waals surface area contributed by atoms with Crippen LogP contribution >= 0.6 is 0 Å². The van der Waals surface area contributed by atoms with Gasteiger partial charge >= 0.3 is 0 Å². The van der Waals surface area contributed by atoms with E-state index in [1.54, 1.807) is 0 Å². The molecule has 1 saturated carbocycles. The first-order chi connectivity index (χ1) is 8.78. The van der Waals surface area contributed by atoms with Crippen molar-refractivity contribution in [1.82, 2.24) is 4.90 Å². The molecule has 0 bridgehead atoms. The molecule has 4 unspecified atom stereocenters. The number of nitrogens with zero attached hydrogens (tertiary/aromatic N) is 1. The standard InChI is InChI=1S/C17H34N2/c1-13-6-8-17(12-18,10-14(13)2)19-9-7-15(11-19)16(3,4)5/h13-15H,6-12,18H2,1-5H3. The van der Waals surface area contributed by atoms with E-state index in [1.807, 2.05) is 0 Å². The Morgan fingerprint density at radius 3 is 2.32 bits per heavy atom. The first kappa shape index (κ1) is 15.3. The van der Waals surface area contributed by atoms with Gasteiger partial charge in [-0.3, -0.25) is 4.90 Å². The van der Waals surface area contributed by atoms with Crippen molar-refractivity contribution in [1.29, 1.82) is 0 Å². The first-order valence-corrected chi connectivity index (χ1v) is 8.23. The Balaban J connectivity index is 2.07. The third-order valence-corrected chi connectivity index (χ3v) is 6.20. The van der Waals surface area contributed by atoms with Crippen LogP contribution in [-0.4, -0.2) is 30.1 Å². The molecule has 19 heavy (non-hydrogen) atoms. The van der Waals surface area contributed by atoms with Crippen LogP contribution in [0.1, 0.15) is 60.3 Å². The summed E-state index contributed by atoms with van der Waals surface area (Å²) in [6.07, 6.45) is 5.33. The molecule has 0 aromatic heterocycles. The van der Waals surface area contributed by atoms with Crippen LogP contribution < -0.4 is 5.73 Å². The van der Waals surface area contributed by atoms with Gasteiger partial charge in [-0.25, -0.2) is 0 Å². The molecule has 0 radical (unpaired) electrons. The molecular formula is C17H34N2. The smallest absolute Gasteiger partial charge is 0.0334 e. The van der Waals surface area contributed by atoms with Gasteiger partial charge in [-0.2, -0.15) is 0 Å².